The van der Waals surface area contributed by atoms with E-state index in [0.29, 0.717) is 19.8 Å². The highest BCUT2D eigenvalue weighted by Crippen LogP contribution is 2.22. The number of aliphatic hydroxyl groups is 1. The third-order valence-corrected chi connectivity index (χ3v) is 2.28. The second-order valence-corrected chi connectivity index (χ2v) is 3.73. The fourth-order valence-corrected chi connectivity index (χ4v) is 1.22. The van der Waals surface area contributed by atoms with Crippen LogP contribution in [0.3, 0.4) is 0 Å². The molecule has 0 aromatic heterocycles. The molecular formula is C10H20O4. The summed E-state index contributed by atoms with van der Waals surface area (Å²) in [7, 11) is 0. The van der Waals surface area contributed by atoms with Gasteiger partial charge in [-0.25, -0.2) is 0 Å². The first-order valence-corrected chi connectivity index (χ1v) is 5.23. The molecule has 1 aliphatic rings. The van der Waals surface area contributed by atoms with Crippen molar-refractivity contribution in [3.63, 3.8) is 0 Å². The van der Waals surface area contributed by atoms with Gasteiger partial charge in [0.1, 0.15) is 0 Å². The van der Waals surface area contributed by atoms with Crippen molar-refractivity contribution in [2.24, 2.45) is 5.92 Å². The van der Waals surface area contributed by atoms with E-state index in [1.54, 1.807) is 6.92 Å². The molecule has 1 heterocycles. The maximum atomic E-state index is 8.87. The molecular weight excluding hydrogens is 184 g/mol. The summed E-state index contributed by atoms with van der Waals surface area (Å²) in [4.78, 5) is 0. The highest BCUT2D eigenvalue weighted by atomic mass is 16.9. The first kappa shape index (κ1) is 11.9. The molecule has 0 amide bonds. The highest BCUT2D eigenvalue weighted by molar-refractivity contribution is 4.63. The Balaban J connectivity index is 2.23. The van der Waals surface area contributed by atoms with E-state index in [9.17, 15) is 0 Å². The molecule has 0 radical (unpaired) electrons. The van der Waals surface area contributed by atoms with Crippen molar-refractivity contribution in [2.75, 3.05) is 26.4 Å². The van der Waals surface area contributed by atoms with E-state index in [2.05, 4.69) is 6.92 Å². The third-order valence-electron chi connectivity index (χ3n) is 2.28. The molecule has 1 saturated heterocycles. The van der Waals surface area contributed by atoms with Crippen molar-refractivity contribution in [1.82, 2.24) is 0 Å². The molecule has 0 saturated carbocycles. The van der Waals surface area contributed by atoms with E-state index in [1.165, 1.54) is 0 Å². The second-order valence-electron chi connectivity index (χ2n) is 3.73. The molecule has 0 aromatic carbocycles. The summed E-state index contributed by atoms with van der Waals surface area (Å²) in [6.45, 7) is 5.63. The molecule has 4 heteroatoms. The number of hydrogen-bond donors (Lipinski definition) is 1. The summed E-state index contributed by atoms with van der Waals surface area (Å²) < 4.78 is 16.3. The van der Waals surface area contributed by atoms with Gasteiger partial charge in [0.05, 0.1) is 26.4 Å². The number of hydrogen-bond acceptors (Lipinski definition) is 4. The molecule has 1 aliphatic heterocycles. The van der Waals surface area contributed by atoms with Crippen molar-refractivity contribution >= 4 is 0 Å². The molecule has 0 unspecified atom stereocenters. The zero-order chi connectivity index (χ0) is 10.4. The quantitative estimate of drug-likeness (QED) is 0.682. The van der Waals surface area contributed by atoms with Gasteiger partial charge in [-0.2, -0.15) is 0 Å². The Morgan fingerprint density at radius 3 is 2.57 bits per heavy atom. The number of aliphatic hydroxyl groups excluding tert-OH is 1. The minimum atomic E-state index is -0.902. The molecule has 0 spiro atoms. The summed E-state index contributed by atoms with van der Waals surface area (Å²) in [5.41, 5.74) is 0. The van der Waals surface area contributed by atoms with Gasteiger partial charge in [0.25, 0.3) is 5.97 Å². The van der Waals surface area contributed by atoms with Crippen molar-refractivity contribution in [3.8, 4) is 0 Å². The van der Waals surface area contributed by atoms with Gasteiger partial charge in [0.2, 0.25) is 0 Å². The topological polar surface area (TPSA) is 47.9 Å². The highest BCUT2D eigenvalue weighted by Gasteiger charge is 2.33. The van der Waals surface area contributed by atoms with Crippen LogP contribution in [0.2, 0.25) is 0 Å². The van der Waals surface area contributed by atoms with E-state index in [1.807, 2.05) is 0 Å². The minimum Gasteiger partial charge on any atom is -0.396 e. The van der Waals surface area contributed by atoms with Crippen LogP contribution in [0.15, 0.2) is 0 Å². The molecule has 0 bridgehead atoms. The monoisotopic (exact) mass is 204 g/mol. The molecule has 1 rings (SSSR count). The zero-order valence-electron chi connectivity index (χ0n) is 8.99. The van der Waals surface area contributed by atoms with Crippen molar-refractivity contribution in [2.45, 2.75) is 32.7 Å². The maximum absolute atomic E-state index is 8.87. The van der Waals surface area contributed by atoms with Crippen LogP contribution in [0.5, 0.6) is 0 Å². The molecule has 84 valence electrons. The van der Waals surface area contributed by atoms with Crippen LogP contribution in [0.25, 0.3) is 0 Å². The maximum Gasteiger partial charge on any atom is 0.279 e. The van der Waals surface area contributed by atoms with Gasteiger partial charge < -0.3 is 19.3 Å². The fourth-order valence-electron chi connectivity index (χ4n) is 1.22. The van der Waals surface area contributed by atoms with Crippen molar-refractivity contribution in [1.29, 1.82) is 0 Å². The standard InChI is InChI=1S/C10H20O4/c1-3-4-5-12-10(2)13-7-9(6-11)8-14-10/h9,11H,3-8H2,1-2H3. The first-order chi connectivity index (χ1) is 6.70. The van der Waals surface area contributed by atoms with E-state index in [-0.39, 0.29) is 12.5 Å². The lowest BCUT2D eigenvalue weighted by Crippen LogP contribution is -2.45. The van der Waals surface area contributed by atoms with Gasteiger partial charge in [-0.1, -0.05) is 13.3 Å². The van der Waals surface area contributed by atoms with Gasteiger partial charge in [-0.05, 0) is 6.42 Å². The van der Waals surface area contributed by atoms with Crippen LogP contribution in [-0.4, -0.2) is 37.5 Å². The van der Waals surface area contributed by atoms with Crippen LogP contribution < -0.4 is 0 Å². The molecule has 1 fully saturated rings. The molecule has 0 atom stereocenters. The lowest BCUT2D eigenvalue weighted by atomic mass is 10.2. The normalized spacial score (nSPS) is 33.2. The van der Waals surface area contributed by atoms with Gasteiger partial charge in [0, 0.05) is 12.8 Å². The van der Waals surface area contributed by atoms with Gasteiger partial charge >= 0.3 is 0 Å². The van der Waals surface area contributed by atoms with E-state index >= 15 is 0 Å². The van der Waals surface area contributed by atoms with Gasteiger partial charge in [-0.3, -0.25) is 0 Å². The minimum absolute atomic E-state index is 0.0813. The third kappa shape index (κ3) is 3.53. The lowest BCUT2D eigenvalue weighted by molar-refractivity contribution is -0.399. The number of unbranched alkanes of at least 4 members (excludes halogenated alkanes) is 1. The van der Waals surface area contributed by atoms with Crippen LogP contribution in [0.1, 0.15) is 26.7 Å². The predicted molar refractivity (Wildman–Crippen MR) is 51.7 cm³/mol. The predicted octanol–water partition coefficient (Wildman–Crippen LogP) is 1.13. The summed E-state index contributed by atoms with van der Waals surface area (Å²) >= 11 is 0. The Labute approximate surface area is 85.2 Å². The van der Waals surface area contributed by atoms with E-state index in [0.717, 1.165) is 12.8 Å². The van der Waals surface area contributed by atoms with Crippen LogP contribution >= 0.6 is 0 Å². The summed E-state index contributed by atoms with van der Waals surface area (Å²) in [5, 5.41) is 8.87. The smallest absolute Gasteiger partial charge is 0.279 e. The SMILES string of the molecule is CCCCOC1(C)OCC(CO)CO1. The average Bonchev–Trinajstić information content (AvgIpc) is 2.19. The molecule has 1 N–H and O–H groups in total. The summed E-state index contributed by atoms with van der Waals surface area (Å²) in [6.07, 6.45) is 2.10. The molecule has 14 heavy (non-hydrogen) atoms. The molecule has 0 aliphatic carbocycles. The molecule has 4 nitrogen and oxygen atoms in total. The Hall–Kier alpha value is -0.160. The first-order valence-electron chi connectivity index (χ1n) is 5.23. The second kappa shape index (κ2) is 5.66. The number of rotatable bonds is 5. The van der Waals surface area contributed by atoms with Crippen LogP contribution in [0, 0.1) is 5.92 Å². The zero-order valence-corrected chi connectivity index (χ0v) is 8.99. The van der Waals surface area contributed by atoms with Crippen molar-refractivity contribution in [3.05, 3.63) is 0 Å². The Morgan fingerprint density at radius 2 is 2.07 bits per heavy atom. The van der Waals surface area contributed by atoms with Gasteiger partial charge in [0.15, 0.2) is 0 Å². The lowest BCUT2D eigenvalue weighted by Gasteiger charge is -2.36. The summed E-state index contributed by atoms with van der Waals surface area (Å²) in [5.74, 6) is -0.821. The van der Waals surface area contributed by atoms with E-state index < -0.39 is 5.97 Å². The summed E-state index contributed by atoms with van der Waals surface area (Å²) in [6, 6.07) is 0. The van der Waals surface area contributed by atoms with Gasteiger partial charge in [-0.15, -0.1) is 0 Å². The van der Waals surface area contributed by atoms with Crippen LogP contribution in [0.4, 0.5) is 0 Å². The average molecular weight is 204 g/mol. The Morgan fingerprint density at radius 1 is 1.43 bits per heavy atom. The fraction of sp³-hybridized carbons (Fsp3) is 1.00. The Bertz CT molecular complexity index is 147. The molecule has 0 aromatic rings. The Kier molecular flexibility index (Phi) is 4.81. The number of ether oxygens (including phenoxy) is 3. The van der Waals surface area contributed by atoms with Crippen molar-refractivity contribution < 1.29 is 19.3 Å². The largest absolute Gasteiger partial charge is 0.396 e. The van der Waals surface area contributed by atoms with E-state index in [4.69, 9.17) is 19.3 Å². The van der Waals surface area contributed by atoms with Crippen LogP contribution in [-0.2, 0) is 14.2 Å².